The molecule has 0 unspecified atom stereocenters. The Morgan fingerprint density at radius 3 is 2.71 bits per heavy atom. The molecule has 0 radical (unpaired) electrons. The van der Waals surface area contributed by atoms with E-state index in [0.29, 0.717) is 23.7 Å². The van der Waals surface area contributed by atoms with Gasteiger partial charge in [-0.05, 0) is 31.2 Å². The molecule has 3 rings (SSSR count). The highest BCUT2D eigenvalue weighted by molar-refractivity contribution is 6.30. The molecule has 1 aromatic heterocycles. The van der Waals surface area contributed by atoms with Gasteiger partial charge in [0.2, 0.25) is 0 Å². The van der Waals surface area contributed by atoms with Gasteiger partial charge in [0.1, 0.15) is 0 Å². The number of halogens is 1. The van der Waals surface area contributed by atoms with Crippen molar-refractivity contribution in [1.82, 2.24) is 5.16 Å². The average molecular weight is 353 g/mol. The van der Waals surface area contributed by atoms with E-state index in [9.17, 15) is 15.0 Å². The molecular formula is C16H17ClN2O5. The van der Waals surface area contributed by atoms with Gasteiger partial charge in [-0.3, -0.25) is 0 Å². The first kappa shape index (κ1) is 16.8. The van der Waals surface area contributed by atoms with Crippen LogP contribution in [-0.4, -0.2) is 53.2 Å². The van der Waals surface area contributed by atoms with Crippen molar-refractivity contribution in [3.8, 4) is 11.3 Å². The van der Waals surface area contributed by atoms with E-state index in [2.05, 4.69) is 5.16 Å². The Morgan fingerprint density at radius 1 is 1.38 bits per heavy atom. The van der Waals surface area contributed by atoms with Gasteiger partial charge in [0, 0.05) is 23.7 Å². The van der Waals surface area contributed by atoms with E-state index < -0.39 is 12.1 Å². The van der Waals surface area contributed by atoms with Crippen LogP contribution in [0.25, 0.3) is 11.3 Å². The summed E-state index contributed by atoms with van der Waals surface area (Å²) in [4.78, 5) is 13.6. The molecule has 0 bridgehead atoms. The van der Waals surface area contributed by atoms with Crippen LogP contribution in [0.5, 0.6) is 0 Å². The number of hydrogen-bond acceptors (Lipinski definition) is 6. The summed E-state index contributed by atoms with van der Waals surface area (Å²) >= 11 is 5.87. The Kier molecular flexibility index (Phi) is 4.75. The van der Waals surface area contributed by atoms with Gasteiger partial charge in [-0.25, -0.2) is 4.79 Å². The summed E-state index contributed by atoms with van der Waals surface area (Å²) in [5.74, 6) is -0.717. The second kappa shape index (κ2) is 6.80. The number of aliphatic hydroxyl groups excluding tert-OH is 1. The zero-order chi connectivity index (χ0) is 17.3. The largest absolute Gasteiger partial charge is 0.477 e. The van der Waals surface area contributed by atoms with Gasteiger partial charge in [0.25, 0.3) is 0 Å². The van der Waals surface area contributed by atoms with Crippen LogP contribution in [0.1, 0.15) is 17.3 Å². The van der Waals surface area contributed by atoms with E-state index >= 15 is 0 Å². The topological polar surface area (TPSA) is 96.0 Å². The number of anilines is 1. The van der Waals surface area contributed by atoms with Crippen LogP contribution in [0, 0.1) is 0 Å². The minimum absolute atomic E-state index is 0.0110. The van der Waals surface area contributed by atoms with E-state index in [1.165, 1.54) is 0 Å². The van der Waals surface area contributed by atoms with Crippen molar-refractivity contribution in [2.75, 3.05) is 24.6 Å². The Labute approximate surface area is 143 Å². The zero-order valence-corrected chi connectivity index (χ0v) is 13.7. The lowest BCUT2D eigenvalue weighted by molar-refractivity contribution is -0.0424. The van der Waals surface area contributed by atoms with Crippen LogP contribution in [0.3, 0.4) is 0 Å². The highest BCUT2D eigenvalue weighted by atomic mass is 35.5. The van der Waals surface area contributed by atoms with Crippen molar-refractivity contribution in [2.24, 2.45) is 0 Å². The van der Waals surface area contributed by atoms with Crippen LogP contribution in [-0.2, 0) is 4.74 Å². The van der Waals surface area contributed by atoms with Crippen molar-refractivity contribution < 1.29 is 24.3 Å². The first-order valence-electron chi connectivity index (χ1n) is 7.49. The monoisotopic (exact) mass is 352 g/mol. The number of carboxylic acid groups (broad SMARTS) is 1. The minimum atomic E-state index is -1.13. The molecule has 2 atom stereocenters. The van der Waals surface area contributed by atoms with Crippen molar-refractivity contribution in [2.45, 2.75) is 19.1 Å². The molecule has 1 fully saturated rings. The lowest BCUT2D eigenvalue weighted by atomic mass is 10.1. The number of aliphatic hydroxyl groups is 1. The molecule has 7 nitrogen and oxygen atoms in total. The van der Waals surface area contributed by atoms with Crippen LogP contribution in [0.2, 0.25) is 5.02 Å². The summed E-state index contributed by atoms with van der Waals surface area (Å²) in [5, 5.41) is 23.5. The maximum atomic E-state index is 11.8. The maximum Gasteiger partial charge on any atom is 0.343 e. The van der Waals surface area contributed by atoms with Gasteiger partial charge in [-0.2, -0.15) is 0 Å². The second-order valence-corrected chi connectivity index (χ2v) is 6.12. The van der Waals surface area contributed by atoms with Gasteiger partial charge in [-0.1, -0.05) is 16.8 Å². The summed E-state index contributed by atoms with van der Waals surface area (Å²) in [7, 11) is 0. The maximum absolute atomic E-state index is 11.8. The highest BCUT2D eigenvalue weighted by Gasteiger charge is 2.32. The molecule has 1 aliphatic heterocycles. The Morgan fingerprint density at radius 2 is 2.08 bits per heavy atom. The third-order valence-corrected chi connectivity index (χ3v) is 4.08. The molecule has 1 aromatic carbocycles. The van der Waals surface area contributed by atoms with E-state index in [1.54, 1.807) is 29.2 Å². The summed E-state index contributed by atoms with van der Waals surface area (Å²) in [5.41, 5.74) is 0.568. The predicted molar refractivity (Wildman–Crippen MR) is 87.5 cm³/mol. The van der Waals surface area contributed by atoms with Gasteiger partial charge in [-0.15, -0.1) is 0 Å². The molecule has 0 saturated carbocycles. The van der Waals surface area contributed by atoms with Gasteiger partial charge in [0.15, 0.2) is 17.1 Å². The second-order valence-electron chi connectivity index (χ2n) is 5.68. The molecule has 2 aromatic rings. The number of carbonyl (C=O) groups is 1. The lowest BCUT2D eigenvalue weighted by Crippen LogP contribution is -2.48. The van der Waals surface area contributed by atoms with Crippen molar-refractivity contribution in [1.29, 1.82) is 0 Å². The van der Waals surface area contributed by atoms with Crippen LogP contribution >= 0.6 is 11.6 Å². The smallest absolute Gasteiger partial charge is 0.343 e. The normalized spacial score (nSPS) is 21.0. The third kappa shape index (κ3) is 3.24. The van der Waals surface area contributed by atoms with Gasteiger partial charge >= 0.3 is 5.97 Å². The summed E-state index contributed by atoms with van der Waals surface area (Å²) in [6, 6.07) is 6.67. The average Bonchev–Trinajstić information content (AvgIpc) is 3.00. The number of ether oxygens (including phenoxy) is 1. The SMILES string of the molecule is C[C@@H]1CN(c2noc(-c3ccc(Cl)cc3)c2C(=O)O)C[C@@H](CO)O1. The number of benzene rings is 1. The molecule has 1 aliphatic rings. The highest BCUT2D eigenvalue weighted by Crippen LogP contribution is 2.33. The number of aromatic nitrogens is 1. The molecule has 0 amide bonds. The van der Waals surface area contributed by atoms with Gasteiger partial charge in [0.05, 0.1) is 18.8 Å². The lowest BCUT2D eigenvalue weighted by Gasteiger charge is -2.36. The first-order valence-corrected chi connectivity index (χ1v) is 7.87. The molecule has 8 heteroatoms. The number of morpholine rings is 1. The quantitative estimate of drug-likeness (QED) is 0.871. The molecule has 1 saturated heterocycles. The summed E-state index contributed by atoms with van der Waals surface area (Å²) in [6.07, 6.45) is -0.556. The van der Waals surface area contributed by atoms with Crippen molar-refractivity contribution in [3.63, 3.8) is 0 Å². The third-order valence-electron chi connectivity index (χ3n) is 3.82. The number of nitrogens with zero attached hydrogens (tertiary/aromatic N) is 2. The van der Waals surface area contributed by atoms with E-state index in [4.69, 9.17) is 20.9 Å². The fraction of sp³-hybridized carbons (Fsp3) is 0.375. The molecule has 128 valence electrons. The van der Waals surface area contributed by atoms with E-state index in [0.717, 1.165) is 0 Å². The molecular weight excluding hydrogens is 336 g/mol. The number of hydrogen-bond donors (Lipinski definition) is 2. The number of rotatable bonds is 4. The molecule has 0 aliphatic carbocycles. The Hall–Kier alpha value is -2.09. The van der Waals surface area contributed by atoms with Crippen molar-refractivity contribution >= 4 is 23.4 Å². The van der Waals surface area contributed by atoms with Crippen LogP contribution < -0.4 is 4.90 Å². The molecule has 2 heterocycles. The molecule has 24 heavy (non-hydrogen) atoms. The minimum Gasteiger partial charge on any atom is -0.477 e. The van der Waals surface area contributed by atoms with Crippen molar-refractivity contribution in [3.05, 3.63) is 34.9 Å². The predicted octanol–water partition coefficient (Wildman–Crippen LogP) is 2.28. The number of carboxylic acids is 1. The fourth-order valence-electron chi connectivity index (χ4n) is 2.81. The standard InChI is InChI=1S/C16H17ClN2O5/c1-9-6-19(7-12(8-20)23-9)15-13(16(21)22)14(24-18-15)10-2-4-11(17)5-3-10/h2-5,9,12,20H,6-8H2,1H3,(H,21,22)/t9-,12+/m1/s1. The first-order chi connectivity index (χ1) is 11.5. The molecule has 0 spiro atoms. The summed E-state index contributed by atoms with van der Waals surface area (Å²) < 4.78 is 10.9. The summed E-state index contributed by atoms with van der Waals surface area (Å²) in [6.45, 7) is 2.51. The van der Waals surface area contributed by atoms with E-state index in [-0.39, 0.29) is 29.9 Å². The van der Waals surface area contributed by atoms with Crippen LogP contribution in [0.4, 0.5) is 5.82 Å². The molecule has 2 N–H and O–H groups in total. The van der Waals surface area contributed by atoms with Gasteiger partial charge < -0.3 is 24.4 Å². The zero-order valence-electron chi connectivity index (χ0n) is 13.0. The van der Waals surface area contributed by atoms with Crippen LogP contribution in [0.15, 0.2) is 28.8 Å². The fourth-order valence-corrected chi connectivity index (χ4v) is 2.93. The van der Waals surface area contributed by atoms with E-state index in [1.807, 2.05) is 6.92 Å². The number of aromatic carboxylic acids is 1. The Balaban J connectivity index is 2.00. The Bertz CT molecular complexity index is 731.